The average Bonchev–Trinajstić information content (AvgIpc) is 2.41. The molecular weight excluding hydrogens is 292 g/mol. The van der Waals surface area contributed by atoms with Crippen LogP contribution in [0.5, 0.6) is 0 Å². The number of hydrogen-bond donors (Lipinski definition) is 3. The van der Waals surface area contributed by atoms with Crippen LogP contribution in [0, 0.1) is 0 Å². The fraction of sp³-hybridized carbons (Fsp3) is 0.0714. The summed E-state index contributed by atoms with van der Waals surface area (Å²) in [6, 6.07) is 8.16. The number of nitrogen functional groups attached to an aromatic ring is 1. The van der Waals surface area contributed by atoms with E-state index in [0.29, 0.717) is 11.4 Å². The van der Waals surface area contributed by atoms with E-state index in [1.165, 1.54) is 19.2 Å². The molecule has 108 valence electrons. The van der Waals surface area contributed by atoms with E-state index in [2.05, 4.69) is 15.6 Å². The van der Waals surface area contributed by atoms with E-state index in [9.17, 15) is 9.59 Å². The molecule has 1 aromatic carbocycles. The highest BCUT2D eigenvalue weighted by Crippen LogP contribution is 2.19. The average molecular weight is 305 g/mol. The molecule has 0 fully saturated rings. The van der Waals surface area contributed by atoms with Gasteiger partial charge in [0.1, 0.15) is 5.15 Å². The van der Waals surface area contributed by atoms with Crippen molar-refractivity contribution in [3.05, 3.63) is 47.2 Å². The Morgan fingerprint density at radius 2 is 1.86 bits per heavy atom. The van der Waals surface area contributed by atoms with Crippen molar-refractivity contribution in [1.29, 1.82) is 0 Å². The van der Waals surface area contributed by atoms with Gasteiger partial charge >= 0.3 is 0 Å². The van der Waals surface area contributed by atoms with Gasteiger partial charge in [0.25, 0.3) is 5.91 Å². The lowest BCUT2D eigenvalue weighted by Crippen LogP contribution is -2.14. The highest BCUT2D eigenvalue weighted by molar-refractivity contribution is 6.30. The van der Waals surface area contributed by atoms with E-state index < -0.39 is 5.91 Å². The van der Waals surface area contributed by atoms with Crippen molar-refractivity contribution in [3.63, 3.8) is 0 Å². The number of nitrogens with zero attached hydrogens (tertiary/aromatic N) is 1. The highest BCUT2D eigenvalue weighted by Gasteiger charge is 2.11. The molecule has 0 saturated carbocycles. The minimum absolute atomic E-state index is 0.182. The number of pyridine rings is 1. The van der Waals surface area contributed by atoms with Crippen molar-refractivity contribution < 1.29 is 9.59 Å². The van der Waals surface area contributed by atoms with Crippen LogP contribution in [0.2, 0.25) is 5.15 Å². The Labute approximate surface area is 126 Å². The molecule has 0 radical (unpaired) electrons. The largest absolute Gasteiger partial charge is 0.397 e. The molecule has 2 amide bonds. The summed E-state index contributed by atoms with van der Waals surface area (Å²) in [7, 11) is 0. The van der Waals surface area contributed by atoms with Gasteiger partial charge in [-0.3, -0.25) is 9.59 Å². The van der Waals surface area contributed by atoms with Crippen LogP contribution in [0.4, 0.5) is 17.1 Å². The zero-order valence-electron chi connectivity index (χ0n) is 11.2. The maximum atomic E-state index is 12.2. The molecule has 0 saturated heterocycles. The summed E-state index contributed by atoms with van der Waals surface area (Å²) in [6.45, 7) is 1.41. The first-order chi connectivity index (χ1) is 9.95. The van der Waals surface area contributed by atoms with Gasteiger partial charge < -0.3 is 16.4 Å². The van der Waals surface area contributed by atoms with Gasteiger partial charge in [0.15, 0.2) is 0 Å². The van der Waals surface area contributed by atoms with Crippen LogP contribution >= 0.6 is 11.6 Å². The predicted octanol–water partition coefficient (Wildman–Crippen LogP) is 2.53. The molecule has 0 aliphatic rings. The quantitative estimate of drug-likeness (QED) is 0.759. The number of carbonyl (C=O) groups excluding carboxylic acids is 2. The number of benzene rings is 1. The van der Waals surface area contributed by atoms with Gasteiger partial charge in [0.05, 0.1) is 17.4 Å². The Morgan fingerprint density at radius 3 is 2.52 bits per heavy atom. The topological polar surface area (TPSA) is 97.1 Å². The van der Waals surface area contributed by atoms with E-state index in [1.54, 1.807) is 24.3 Å². The number of anilines is 3. The van der Waals surface area contributed by atoms with Crippen molar-refractivity contribution in [3.8, 4) is 0 Å². The highest BCUT2D eigenvalue weighted by atomic mass is 35.5. The summed E-state index contributed by atoms with van der Waals surface area (Å²) in [5.74, 6) is -0.597. The van der Waals surface area contributed by atoms with Crippen LogP contribution in [0.1, 0.15) is 17.3 Å². The van der Waals surface area contributed by atoms with E-state index in [-0.39, 0.29) is 22.3 Å². The molecule has 6 nitrogen and oxygen atoms in total. The van der Waals surface area contributed by atoms with Crippen molar-refractivity contribution >= 4 is 40.5 Å². The van der Waals surface area contributed by atoms with Crippen LogP contribution in [-0.4, -0.2) is 16.8 Å². The van der Waals surface area contributed by atoms with Gasteiger partial charge in [-0.2, -0.15) is 0 Å². The smallest absolute Gasteiger partial charge is 0.257 e. The number of halogens is 1. The maximum Gasteiger partial charge on any atom is 0.257 e. The Hall–Kier alpha value is -2.60. The molecule has 4 N–H and O–H groups in total. The van der Waals surface area contributed by atoms with Crippen molar-refractivity contribution in [2.24, 2.45) is 0 Å². The summed E-state index contributed by atoms with van der Waals surface area (Å²) in [5.41, 5.74) is 7.28. The summed E-state index contributed by atoms with van der Waals surface area (Å²) in [5, 5.41) is 5.50. The molecule has 1 aromatic heterocycles. The molecule has 0 aliphatic heterocycles. The van der Waals surface area contributed by atoms with Crippen LogP contribution in [0.3, 0.4) is 0 Å². The molecular formula is C14H13ClN4O2. The third kappa shape index (κ3) is 3.93. The van der Waals surface area contributed by atoms with Gasteiger partial charge in [-0.1, -0.05) is 17.7 Å². The van der Waals surface area contributed by atoms with Gasteiger partial charge in [-0.15, -0.1) is 0 Å². The first-order valence-corrected chi connectivity index (χ1v) is 6.43. The Bertz CT molecular complexity index is 703. The second-order valence-electron chi connectivity index (χ2n) is 4.31. The molecule has 7 heteroatoms. The zero-order chi connectivity index (χ0) is 15.4. The fourth-order valence-corrected chi connectivity index (χ4v) is 1.87. The lowest BCUT2D eigenvalue weighted by atomic mass is 10.2. The third-order valence-electron chi connectivity index (χ3n) is 2.59. The first kappa shape index (κ1) is 14.8. The predicted molar refractivity (Wildman–Crippen MR) is 82.4 cm³/mol. The molecule has 21 heavy (non-hydrogen) atoms. The first-order valence-electron chi connectivity index (χ1n) is 6.06. The summed E-state index contributed by atoms with van der Waals surface area (Å²) >= 11 is 5.75. The van der Waals surface area contributed by atoms with Crippen molar-refractivity contribution in [2.45, 2.75) is 6.92 Å². The Balaban J connectivity index is 2.19. The Kier molecular flexibility index (Phi) is 4.39. The number of rotatable bonds is 3. The van der Waals surface area contributed by atoms with Gasteiger partial charge in [0, 0.05) is 18.3 Å². The van der Waals surface area contributed by atoms with Crippen LogP contribution in [0.25, 0.3) is 0 Å². The molecule has 0 spiro atoms. The lowest BCUT2D eigenvalue weighted by molar-refractivity contribution is -0.114. The molecule has 0 bridgehead atoms. The van der Waals surface area contributed by atoms with E-state index in [1.807, 2.05) is 0 Å². The third-order valence-corrected chi connectivity index (χ3v) is 2.79. The van der Waals surface area contributed by atoms with E-state index in [4.69, 9.17) is 17.3 Å². The molecule has 0 atom stereocenters. The number of aromatic nitrogens is 1. The van der Waals surface area contributed by atoms with Gasteiger partial charge in [0.2, 0.25) is 5.91 Å². The van der Waals surface area contributed by atoms with Gasteiger partial charge in [-0.05, 0) is 24.3 Å². The van der Waals surface area contributed by atoms with E-state index >= 15 is 0 Å². The number of nitrogens with one attached hydrogen (secondary N) is 2. The molecule has 2 rings (SSSR count). The summed E-state index contributed by atoms with van der Waals surface area (Å²) in [6.07, 6.45) is 1.32. The number of amides is 2. The minimum atomic E-state index is -0.406. The van der Waals surface area contributed by atoms with Crippen molar-refractivity contribution in [2.75, 3.05) is 16.4 Å². The van der Waals surface area contributed by atoms with Gasteiger partial charge in [-0.25, -0.2) is 4.98 Å². The second-order valence-corrected chi connectivity index (χ2v) is 4.70. The second kappa shape index (κ2) is 6.23. The maximum absolute atomic E-state index is 12.2. The summed E-state index contributed by atoms with van der Waals surface area (Å²) in [4.78, 5) is 27.0. The molecule has 2 aromatic rings. The van der Waals surface area contributed by atoms with E-state index in [0.717, 1.165) is 0 Å². The lowest BCUT2D eigenvalue weighted by Gasteiger charge is -2.09. The van der Waals surface area contributed by atoms with Crippen LogP contribution < -0.4 is 16.4 Å². The van der Waals surface area contributed by atoms with Crippen LogP contribution in [0.15, 0.2) is 36.5 Å². The molecule has 1 heterocycles. The number of carbonyl (C=O) groups is 2. The normalized spacial score (nSPS) is 10.0. The summed E-state index contributed by atoms with van der Waals surface area (Å²) < 4.78 is 0. The standard InChI is InChI=1S/C14H13ClN4O2/c1-8(20)18-9-3-2-4-10(5-9)19-14(21)11-6-13(15)17-7-12(11)16/h2-7H,16H2,1H3,(H,18,20)(H,19,21). The SMILES string of the molecule is CC(=O)Nc1cccc(NC(=O)c2cc(Cl)ncc2N)c1. The monoisotopic (exact) mass is 304 g/mol. The minimum Gasteiger partial charge on any atom is -0.397 e. The number of nitrogens with two attached hydrogens (primary N) is 1. The fourth-order valence-electron chi connectivity index (χ4n) is 1.71. The number of hydrogen-bond acceptors (Lipinski definition) is 4. The Morgan fingerprint density at radius 1 is 1.19 bits per heavy atom. The molecule has 0 aliphatic carbocycles. The van der Waals surface area contributed by atoms with Crippen LogP contribution in [-0.2, 0) is 4.79 Å². The molecule has 0 unspecified atom stereocenters. The van der Waals surface area contributed by atoms with Crippen molar-refractivity contribution in [1.82, 2.24) is 4.98 Å². The zero-order valence-corrected chi connectivity index (χ0v) is 11.9.